The van der Waals surface area contributed by atoms with Crippen molar-refractivity contribution in [1.29, 1.82) is 0 Å². The van der Waals surface area contributed by atoms with Crippen LogP contribution in [0.1, 0.15) is 30.3 Å². The number of piperidine rings is 1. The SMILES string of the molecule is CCOC(=O)c1nnsc1NC(=O)C1CCN(S(=O)(=O)c2c(Cl)cccc2Cl)CC1. The largest absolute Gasteiger partial charge is 0.461 e. The number of esters is 1. The van der Waals surface area contributed by atoms with Gasteiger partial charge in [-0.25, -0.2) is 13.2 Å². The van der Waals surface area contributed by atoms with Gasteiger partial charge in [-0.1, -0.05) is 33.8 Å². The fourth-order valence-corrected chi connectivity index (χ4v) is 6.16. The van der Waals surface area contributed by atoms with Gasteiger partial charge in [-0.2, -0.15) is 4.31 Å². The minimum atomic E-state index is -3.89. The highest BCUT2D eigenvalue weighted by molar-refractivity contribution is 7.89. The summed E-state index contributed by atoms with van der Waals surface area (Å²) in [6.07, 6.45) is 0.599. The van der Waals surface area contributed by atoms with Crippen LogP contribution in [0.25, 0.3) is 0 Å². The summed E-state index contributed by atoms with van der Waals surface area (Å²) in [5.74, 6) is -1.44. The van der Waals surface area contributed by atoms with Gasteiger partial charge in [0, 0.05) is 30.5 Å². The Morgan fingerprint density at radius 1 is 1.27 bits per heavy atom. The molecule has 1 aromatic carbocycles. The third kappa shape index (κ3) is 4.75. The Kier molecular flexibility index (Phi) is 7.30. The molecule has 162 valence electrons. The Balaban J connectivity index is 1.65. The lowest BCUT2D eigenvalue weighted by molar-refractivity contribution is -0.120. The van der Waals surface area contributed by atoms with E-state index < -0.39 is 21.9 Å². The van der Waals surface area contributed by atoms with Gasteiger partial charge in [0.25, 0.3) is 0 Å². The zero-order valence-corrected chi connectivity index (χ0v) is 18.9. The molecule has 30 heavy (non-hydrogen) atoms. The van der Waals surface area contributed by atoms with E-state index in [0.717, 1.165) is 11.5 Å². The summed E-state index contributed by atoms with van der Waals surface area (Å²) in [6, 6.07) is 4.49. The van der Waals surface area contributed by atoms with Crippen LogP contribution in [-0.2, 0) is 19.6 Å². The van der Waals surface area contributed by atoms with E-state index in [1.807, 2.05) is 0 Å². The van der Waals surface area contributed by atoms with Crippen LogP contribution < -0.4 is 5.32 Å². The summed E-state index contributed by atoms with van der Waals surface area (Å²) in [6.45, 7) is 2.10. The summed E-state index contributed by atoms with van der Waals surface area (Å²) in [5.41, 5.74) is -0.0522. The van der Waals surface area contributed by atoms with E-state index >= 15 is 0 Å². The minimum absolute atomic E-state index is 0.0477. The second-order valence-corrected chi connectivity index (χ2v) is 9.83. The highest BCUT2D eigenvalue weighted by atomic mass is 35.5. The summed E-state index contributed by atoms with van der Waals surface area (Å²) in [7, 11) is -3.89. The smallest absolute Gasteiger partial charge is 0.362 e. The maximum Gasteiger partial charge on any atom is 0.362 e. The molecule has 1 saturated heterocycles. The first-order chi connectivity index (χ1) is 14.3. The van der Waals surface area contributed by atoms with Crippen molar-refractivity contribution in [2.45, 2.75) is 24.7 Å². The van der Waals surface area contributed by atoms with Crippen molar-refractivity contribution in [3.05, 3.63) is 33.9 Å². The zero-order valence-electron chi connectivity index (χ0n) is 15.8. The van der Waals surface area contributed by atoms with Gasteiger partial charge in [0.05, 0.1) is 16.7 Å². The van der Waals surface area contributed by atoms with Crippen molar-refractivity contribution in [3.8, 4) is 0 Å². The van der Waals surface area contributed by atoms with Crippen molar-refractivity contribution in [2.24, 2.45) is 5.92 Å². The van der Waals surface area contributed by atoms with E-state index in [-0.39, 0.29) is 51.2 Å². The molecule has 0 atom stereocenters. The Hall–Kier alpha value is -1.79. The van der Waals surface area contributed by atoms with Crippen molar-refractivity contribution in [1.82, 2.24) is 13.9 Å². The van der Waals surface area contributed by atoms with Crippen LogP contribution in [0.5, 0.6) is 0 Å². The van der Waals surface area contributed by atoms with E-state index in [4.69, 9.17) is 27.9 Å². The topological polar surface area (TPSA) is 119 Å². The number of carbonyl (C=O) groups is 2. The Labute approximate surface area is 187 Å². The summed E-state index contributed by atoms with van der Waals surface area (Å²) in [5, 5.41) is 6.64. The van der Waals surface area contributed by atoms with E-state index in [1.54, 1.807) is 13.0 Å². The average molecular weight is 493 g/mol. The van der Waals surface area contributed by atoms with Crippen LogP contribution in [0, 0.1) is 5.92 Å². The van der Waals surface area contributed by atoms with Crippen molar-refractivity contribution < 1.29 is 22.7 Å². The number of nitrogens with zero attached hydrogens (tertiary/aromatic N) is 3. The van der Waals surface area contributed by atoms with Gasteiger partial charge in [-0.15, -0.1) is 5.10 Å². The maximum atomic E-state index is 12.9. The first-order valence-corrected chi connectivity index (χ1v) is 12.0. The number of amides is 1. The summed E-state index contributed by atoms with van der Waals surface area (Å²) < 4.78 is 35.7. The van der Waals surface area contributed by atoms with Crippen molar-refractivity contribution in [2.75, 3.05) is 25.0 Å². The third-order valence-corrected chi connectivity index (χ3v) is 8.03. The number of benzene rings is 1. The number of ether oxygens (including phenoxy) is 1. The number of nitrogens with one attached hydrogen (secondary N) is 1. The number of rotatable bonds is 6. The molecule has 0 saturated carbocycles. The maximum absolute atomic E-state index is 12.9. The molecule has 9 nitrogen and oxygen atoms in total. The van der Waals surface area contributed by atoms with E-state index in [1.165, 1.54) is 16.4 Å². The molecule has 1 amide bonds. The van der Waals surface area contributed by atoms with Gasteiger partial charge in [0.2, 0.25) is 21.6 Å². The second kappa shape index (κ2) is 9.56. The predicted molar refractivity (Wildman–Crippen MR) is 112 cm³/mol. The van der Waals surface area contributed by atoms with Gasteiger partial charge in [0.15, 0.2) is 5.00 Å². The Bertz CT molecular complexity index is 1030. The van der Waals surface area contributed by atoms with Crippen LogP contribution in [-0.4, -0.2) is 53.9 Å². The molecule has 1 aromatic heterocycles. The number of anilines is 1. The van der Waals surface area contributed by atoms with Crippen LogP contribution in [0.3, 0.4) is 0 Å². The molecule has 0 unspecified atom stereocenters. The first kappa shape index (κ1) is 22.9. The molecular weight excluding hydrogens is 475 g/mol. The van der Waals surface area contributed by atoms with E-state index in [0.29, 0.717) is 12.8 Å². The molecule has 1 aliphatic heterocycles. The molecule has 2 aromatic rings. The first-order valence-electron chi connectivity index (χ1n) is 9.00. The summed E-state index contributed by atoms with van der Waals surface area (Å²) in [4.78, 5) is 24.3. The molecule has 1 aliphatic rings. The lowest BCUT2D eigenvalue weighted by atomic mass is 9.97. The number of halogens is 2. The van der Waals surface area contributed by atoms with Crippen molar-refractivity contribution in [3.63, 3.8) is 0 Å². The zero-order chi connectivity index (χ0) is 21.9. The number of aromatic nitrogens is 2. The fourth-order valence-electron chi connectivity index (χ4n) is 3.04. The molecule has 0 bridgehead atoms. The lowest BCUT2D eigenvalue weighted by Gasteiger charge is -2.30. The number of hydrogen-bond acceptors (Lipinski definition) is 8. The Morgan fingerprint density at radius 2 is 1.90 bits per heavy atom. The third-order valence-electron chi connectivity index (χ3n) is 4.54. The van der Waals surface area contributed by atoms with Gasteiger partial charge < -0.3 is 10.1 Å². The fraction of sp³-hybridized carbons (Fsp3) is 0.412. The summed E-state index contributed by atoms with van der Waals surface area (Å²) >= 11 is 13.0. The molecule has 0 aliphatic carbocycles. The standard InChI is InChI=1S/C17H18Cl2N4O5S2/c1-2-28-17(25)13-16(29-22-21-13)20-15(24)10-6-8-23(9-7-10)30(26,27)14-11(18)4-3-5-12(14)19/h3-5,10H,2,6-9H2,1H3,(H,20,24). The van der Waals surface area contributed by atoms with Gasteiger partial charge in [-0.3, -0.25) is 4.79 Å². The number of carbonyl (C=O) groups excluding carboxylic acids is 2. The molecule has 1 N–H and O–H groups in total. The lowest BCUT2D eigenvalue weighted by Crippen LogP contribution is -2.41. The van der Waals surface area contributed by atoms with E-state index in [9.17, 15) is 18.0 Å². The monoisotopic (exact) mass is 492 g/mol. The molecule has 2 heterocycles. The minimum Gasteiger partial charge on any atom is -0.461 e. The van der Waals surface area contributed by atoms with Crippen LogP contribution in [0.15, 0.2) is 23.1 Å². The van der Waals surface area contributed by atoms with Gasteiger partial charge in [0.1, 0.15) is 4.90 Å². The molecule has 0 spiro atoms. The normalized spacial score (nSPS) is 15.7. The van der Waals surface area contributed by atoms with Crippen LogP contribution in [0.2, 0.25) is 10.0 Å². The molecular formula is C17H18Cl2N4O5S2. The quantitative estimate of drug-likeness (QED) is 0.615. The molecule has 3 rings (SSSR count). The van der Waals surface area contributed by atoms with Gasteiger partial charge in [-0.05, 0) is 31.9 Å². The average Bonchev–Trinajstić information content (AvgIpc) is 3.16. The van der Waals surface area contributed by atoms with Crippen LogP contribution >= 0.6 is 34.7 Å². The number of sulfonamides is 1. The highest BCUT2D eigenvalue weighted by Crippen LogP contribution is 2.33. The Morgan fingerprint density at radius 3 is 2.50 bits per heavy atom. The predicted octanol–water partition coefficient (Wildman–Crippen LogP) is 3.06. The highest BCUT2D eigenvalue weighted by Gasteiger charge is 2.35. The molecule has 1 fully saturated rings. The number of hydrogen-bond donors (Lipinski definition) is 1. The second-order valence-electron chi connectivity index (χ2n) is 6.39. The van der Waals surface area contributed by atoms with Crippen LogP contribution in [0.4, 0.5) is 5.00 Å². The molecule has 13 heteroatoms. The van der Waals surface area contributed by atoms with Gasteiger partial charge >= 0.3 is 5.97 Å². The van der Waals surface area contributed by atoms with Crippen molar-refractivity contribution >= 4 is 61.6 Å². The molecule has 0 radical (unpaired) electrons. The van der Waals surface area contributed by atoms with E-state index in [2.05, 4.69) is 14.9 Å².